The van der Waals surface area contributed by atoms with E-state index in [1.807, 2.05) is 0 Å². The van der Waals surface area contributed by atoms with Crippen LogP contribution in [0, 0.1) is 11.6 Å². The predicted molar refractivity (Wildman–Crippen MR) is 77.5 cm³/mol. The molecule has 0 saturated carbocycles. The molecule has 0 atom stereocenters. The first kappa shape index (κ1) is 16.0. The molecule has 8 heteroatoms. The molecule has 0 aliphatic heterocycles. The standard InChI is InChI=1S/C13H14F2N2O2S2/c1-16-8-12-13(4-5-20-12)21(18,19)17-7-9-6-10(14)2-3-11(9)15/h2-6,16-17H,7-8H2,1H3. The molecule has 2 rings (SSSR count). The maximum Gasteiger partial charge on any atom is 0.242 e. The van der Waals surface area contributed by atoms with E-state index in [4.69, 9.17) is 0 Å². The summed E-state index contributed by atoms with van der Waals surface area (Å²) in [5, 5.41) is 4.55. The average Bonchev–Trinajstić information content (AvgIpc) is 2.89. The molecule has 2 aromatic rings. The first-order valence-electron chi connectivity index (χ1n) is 6.08. The van der Waals surface area contributed by atoms with Gasteiger partial charge in [-0.05, 0) is 36.7 Å². The monoisotopic (exact) mass is 332 g/mol. The Hall–Kier alpha value is -1.35. The van der Waals surface area contributed by atoms with Gasteiger partial charge in [0.05, 0.1) is 4.90 Å². The van der Waals surface area contributed by atoms with Crippen LogP contribution in [0.2, 0.25) is 0 Å². The summed E-state index contributed by atoms with van der Waals surface area (Å²) in [6.45, 7) is 0.114. The van der Waals surface area contributed by atoms with Crippen LogP contribution >= 0.6 is 11.3 Å². The molecule has 0 radical (unpaired) electrons. The van der Waals surface area contributed by atoms with Crippen molar-refractivity contribution in [1.82, 2.24) is 10.0 Å². The van der Waals surface area contributed by atoms with Crippen molar-refractivity contribution in [2.45, 2.75) is 18.0 Å². The fourth-order valence-electron chi connectivity index (χ4n) is 1.79. The van der Waals surface area contributed by atoms with Crippen LogP contribution in [0.4, 0.5) is 8.78 Å². The first-order chi connectivity index (χ1) is 9.94. The second kappa shape index (κ2) is 6.61. The lowest BCUT2D eigenvalue weighted by Crippen LogP contribution is -2.24. The van der Waals surface area contributed by atoms with Gasteiger partial charge in [-0.25, -0.2) is 21.9 Å². The summed E-state index contributed by atoms with van der Waals surface area (Å²) >= 11 is 1.31. The maximum atomic E-state index is 13.5. The van der Waals surface area contributed by atoms with Crippen molar-refractivity contribution < 1.29 is 17.2 Å². The molecule has 0 saturated heterocycles. The van der Waals surface area contributed by atoms with Gasteiger partial charge in [0.25, 0.3) is 0 Å². The zero-order valence-corrected chi connectivity index (χ0v) is 12.8. The van der Waals surface area contributed by atoms with Crippen LogP contribution < -0.4 is 10.0 Å². The zero-order chi connectivity index (χ0) is 15.5. The molecule has 0 spiro atoms. The zero-order valence-electron chi connectivity index (χ0n) is 11.2. The fraction of sp³-hybridized carbons (Fsp3) is 0.231. The third-order valence-electron chi connectivity index (χ3n) is 2.79. The number of thiophene rings is 1. The Morgan fingerprint density at radius 3 is 2.67 bits per heavy atom. The largest absolute Gasteiger partial charge is 0.315 e. The number of sulfonamides is 1. The van der Waals surface area contributed by atoms with Gasteiger partial charge >= 0.3 is 0 Å². The number of benzene rings is 1. The van der Waals surface area contributed by atoms with Crippen LogP contribution in [0.3, 0.4) is 0 Å². The van der Waals surface area contributed by atoms with Gasteiger partial charge in [0.1, 0.15) is 11.6 Å². The third-order valence-corrected chi connectivity index (χ3v) is 5.33. The van der Waals surface area contributed by atoms with Gasteiger partial charge in [0.2, 0.25) is 10.0 Å². The lowest BCUT2D eigenvalue weighted by Gasteiger charge is -2.08. The van der Waals surface area contributed by atoms with Gasteiger partial charge < -0.3 is 5.32 Å². The number of nitrogens with one attached hydrogen (secondary N) is 2. The summed E-state index contributed by atoms with van der Waals surface area (Å²) in [4.78, 5) is 0.809. The van der Waals surface area contributed by atoms with Gasteiger partial charge in [-0.2, -0.15) is 0 Å². The SMILES string of the molecule is CNCc1sccc1S(=O)(=O)NCc1cc(F)ccc1F. The highest BCUT2D eigenvalue weighted by Gasteiger charge is 2.19. The second-order valence-corrected chi connectivity index (χ2v) is 7.03. The van der Waals surface area contributed by atoms with Gasteiger partial charge in [-0.1, -0.05) is 0 Å². The summed E-state index contributed by atoms with van der Waals surface area (Å²) in [6.07, 6.45) is 0. The average molecular weight is 332 g/mol. The summed E-state index contributed by atoms with van der Waals surface area (Å²) in [5.41, 5.74) is -0.0380. The number of hydrogen-bond donors (Lipinski definition) is 2. The minimum absolute atomic E-state index is 0.0380. The van der Waals surface area contributed by atoms with E-state index in [-0.39, 0.29) is 17.0 Å². The molecule has 1 aromatic heterocycles. The Balaban J connectivity index is 2.18. The first-order valence-corrected chi connectivity index (χ1v) is 8.45. The number of rotatable bonds is 6. The lowest BCUT2D eigenvalue weighted by molar-refractivity contribution is 0.566. The van der Waals surface area contributed by atoms with Crippen LogP contribution in [0.25, 0.3) is 0 Å². The third kappa shape index (κ3) is 3.85. The molecule has 1 heterocycles. The molecule has 0 aliphatic rings. The molecule has 2 N–H and O–H groups in total. The van der Waals surface area contributed by atoms with E-state index in [9.17, 15) is 17.2 Å². The Labute approximate surface area is 125 Å². The van der Waals surface area contributed by atoms with E-state index in [2.05, 4.69) is 10.0 Å². The van der Waals surface area contributed by atoms with Crippen LogP contribution in [-0.2, 0) is 23.1 Å². The molecule has 1 aromatic carbocycles. The van der Waals surface area contributed by atoms with E-state index >= 15 is 0 Å². The van der Waals surface area contributed by atoms with Crippen molar-refractivity contribution in [2.75, 3.05) is 7.05 Å². The summed E-state index contributed by atoms with van der Waals surface area (Å²) in [5.74, 6) is -1.27. The van der Waals surface area contributed by atoms with Gasteiger partial charge in [0.15, 0.2) is 0 Å². The highest BCUT2D eigenvalue weighted by molar-refractivity contribution is 7.89. The molecule has 0 unspecified atom stereocenters. The molecule has 0 aliphatic carbocycles. The van der Waals surface area contributed by atoms with Crippen molar-refractivity contribution in [1.29, 1.82) is 0 Å². The van der Waals surface area contributed by atoms with Crippen molar-refractivity contribution in [3.63, 3.8) is 0 Å². The van der Waals surface area contributed by atoms with Gasteiger partial charge in [0, 0.05) is 23.5 Å². The minimum atomic E-state index is -3.77. The van der Waals surface area contributed by atoms with Gasteiger partial charge in [-0.15, -0.1) is 11.3 Å². The Kier molecular flexibility index (Phi) is 5.04. The molecule has 114 valence electrons. The van der Waals surface area contributed by atoms with Crippen molar-refractivity contribution in [3.05, 3.63) is 51.7 Å². The lowest BCUT2D eigenvalue weighted by atomic mass is 10.2. The molecule has 0 amide bonds. The fourth-order valence-corrected chi connectivity index (χ4v) is 4.25. The molecule has 0 fully saturated rings. The Morgan fingerprint density at radius 1 is 1.19 bits per heavy atom. The van der Waals surface area contributed by atoms with E-state index in [0.29, 0.717) is 11.4 Å². The van der Waals surface area contributed by atoms with Gasteiger partial charge in [-0.3, -0.25) is 0 Å². The highest BCUT2D eigenvalue weighted by Crippen LogP contribution is 2.22. The minimum Gasteiger partial charge on any atom is -0.315 e. The smallest absolute Gasteiger partial charge is 0.242 e. The topological polar surface area (TPSA) is 58.2 Å². The molecular weight excluding hydrogens is 318 g/mol. The van der Waals surface area contributed by atoms with Crippen molar-refractivity contribution in [3.8, 4) is 0 Å². The quantitative estimate of drug-likeness (QED) is 0.853. The van der Waals surface area contributed by atoms with E-state index < -0.39 is 21.7 Å². The Morgan fingerprint density at radius 2 is 1.95 bits per heavy atom. The normalized spacial score (nSPS) is 11.8. The van der Waals surface area contributed by atoms with E-state index in [1.54, 1.807) is 12.4 Å². The summed E-state index contributed by atoms with van der Waals surface area (Å²) < 4.78 is 53.2. The predicted octanol–water partition coefficient (Wildman–Crippen LogP) is 2.22. The van der Waals surface area contributed by atoms with Crippen LogP contribution in [0.5, 0.6) is 0 Å². The van der Waals surface area contributed by atoms with E-state index in [1.165, 1.54) is 17.4 Å². The van der Waals surface area contributed by atoms with Crippen LogP contribution in [0.15, 0.2) is 34.5 Å². The van der Waals surface area contributed by atoms with Crippen molar-refractivity contribution >= 4 is 21.4 Å². The summed E-state index contributed by atoms with van der Waals surface area (Å²) in [6, 6.07) is 4.41. The molecule has 0 bridgehead atoms. The van der Waals surface area contributed by atoms with Crippen LogP contribution in [-0.4, -0.2) is 15.5 Å². The highest BCUT2D eigenvalue weighted by atomic mass is 32.2. The molecule has 4 nitrogen and oxygen atoms in total. The number of hydrogen-bond acceptors (Lipinski definition) is 4. The van der Waals surface area contributed by atoms with E-state index in [0.717, 1.165) is 18.2 Å². The second-order valence-electron chi connectivity index (χ2n) is 4.30. The van der Waals surface area contributed by atoms with Crippen LogP contribution in [0.1, 0.15) is 10.4 Å². The Bertz CT molecular complexity index is 730. The maximum absolute atomic E-state index is 13.5. The molecule has 21 heavy (non-hydrogen) atoms. The molecular formula is C13H14F2N2O2S2. The summed E-state index contributed by atoms with van der Waals surface area (Å²) in [7, 11) is -2.05. The number of halogens is 2. The van der Waals surface area contributed by atoms with Crippen molar-refractivity contribution in [2.24, 2.45) is 0 Å².